The molecule has 0 fully saturated rings. The lowest BCUT2D eigenvalue weighted by Gasteiger charge is -2.24. The molecular formula is C13H14Br2F2O2S. The van der Waals surface area contributed by atoms with Crippen molar-refractivity contribution >= 4 is 41.7 Å². The number of hydrogen-bond donors (Lipinski definition) is 0. The monoisotopic (exact) mass is 430 g/mol. The van der Waals surface area contributed by atoms with Gasteiger partial charge in [0.05, 0.1) is 4.90 Å². The quantitative estimate of drug-likeness (QED) is 0.640. The highest BCUT2D eigenvalue weighted by molar-refractivity contribution is 9.10. The van der Waals surface area contributed by atoms with Gasteiger partial charge in [-0.15, -0.1) is 0 Å². The van der Waals surface area contributed by atoms with Gasteiger partial charge in [0.1, 0.15) is 0 Å². The first-order valence-electron chi connectivity index (χ1n) is 5.64. The molecule has 1 aromatic rings. The maximum absolute atomic E-state index is 13.5. The lowest BCUT2D eigenvalue weighted by molar-refractivity contribution is 0.149. The van der Waals surface area contributed by atoms with E-state index in [4.69, 9.17) is 0 Å². The van der Waals surface area contributed by atoms with E-state index in [-0.39, 0.29) is 4.90 Å². The zero-order chi connectivity index (χ0) is 15.8. The van der Waals surface area contributed by atoms with Crippen LogP contribution in [-0.2, 0) is 9.84 Å². The van der Waals surface area contributed by atoms with E-state index in [1.165, 1.54) is 26.0 Å². The van der Waals surface area contributed by atoms with Crippen molar-refractivity contribution in [2.24, 2.45) is 0 Å². The van der Waals surface area contributed by atoms with E-state index in [0.29, 0.717) is 5.41 Å². The third kappa shape index (κ3) is 4.63. The lowest BCUT2D eigenvalue weighted by Crippen LogP contribution is -2.26. The van der Waals surface area contributed by atoms with E-state index in [2.05, 4.69) is 31.9 Å². The first-order valence-corrected chi connectivity index (χ1v) is 8.77. The Kier molecular flexibility index (Phi) is 5.20. The van der Waals surface area contributed by atoms with Gasteiger partial charge in [-0.2, -0.15) is 8.78 Å². The molecule has 0 aliphatic rings. The second-order valence-corrected chi connectivity index (χ2v) is 9.64. The lowest BCUT2D eigenvalue weighted by atomic mass is 10.1. The third-order valence-electron chi connectivity index (χ3n) is 2.57. The van der Waals surface area contributed by atoms with Crippen molar-refractivity contribution in [1.82, 2.24) is 0 Å². The molecule has 0 N–H and O–H groups in total. The summed E-state index contributed by atoms with van der Waals surface area (Å²) >= 11 is 5.30. The molecule has 0 saturated heterocycles. The number of alkyl halides is 4. The number of allylic oxidation sites excluding steroid dienone is 1. The molecule has 0 amide bonds. The number of sulfone groups is 1. The zero-order valence-corrected chi connectivity index (χ0v) is 15.1. The van der Waals surface area contributed by atoms with Crippen LogP contribution in [0.3, 0.4) is 0 Å². The molecule has 0 heterocycles. The van der Waals surface area contributed by atoms with Gasteiger partial charge in [0.2, 0.25) is 0 Å². The van der Waals surface area contributed by atoms with Crippen LogP contribution in [0.1, 0.15) is 19.4 Å². The summed E-state index contributed by atoms with van der Waals surface area (Å²) in [6, 6.07) is 6.02. The highest BCUT2D eigenvalue weighted by Crippen LogP contribution is 2.42. The molecule has 0 saturated carbocycles. The van der Waals surface area contributed by atoms with Crippen LogP contribution in [0.15, 0.2) is 40.1 Å². The number of benzene rings is 1. The molecular weight excluding hydrogens is 418 g/mol. The Morgan fingerprint density at radius 1 is 1.15 bits per heavy atom. The second-order valence-electron chi connectivity index (χ2n) is 4.86. The molecule has 0 bridgehead atoms. The van der Waals surface area contributed by atoms with Gasteiger partial charge < -0.3 is 0 Å². The Hall–Kier alpha value is -0.270. The maximum Gasteiger partial charge on any atom is 0.325 e. The molecule has 0 radical (unpaired) electrons. The topological polar surface area (TPSA) is 34.1 Å². The standard InChI is InChI=1S/C13H14Br2F2O2S/c1-9-4-6-10(7-5-9)20(18,19)8-11(12(2,3)14)13(15,16)17/h4-8H,1-3H3/b11-8+. The predicted molar refractivity (Wildman–Crippen MR) is 83.3 cm³/mol. The number of halogens is 4. The van der Waals surface area contributed by atoms with Gasteiger partial charge >= 0.3 is 4.83 Å². The Bertz CT molecular complexity index is 593. The summed E-state index contributed by atoms with van der Waals surface area (Å²) in [4.78, 5) is -3.44. The van der Waals surface area contributed by atoms with Crippen LogP contribution in [0.2, 0.25) is 0 Å². The van der Waals surface area contributed by atoms with Gasteiger partial charge in [-0.3, -0.25) is 0 Å². The highest BCUT2D eigenvalue weighted by Gasteiger charge is 2.40. The molecule has 1 rings (SSSR count). The molecule has 1 aromatic carbocycles. The van der Waals surface area contributed by atoms with E-state index < -0.39 is 24.6 Å². The average molecular weight is 432 g/mol. The van der Waals surface area contributed by atoms with Crippen molar-refractivity contribution in [2.45, 2.75) is 34.8 Å². The van der Waals surface area contributed by atoms with E-state index >= 15 is 0 Å². The van der Waals surface area contributed by atoms with Crippen molar-refractivity contribution in [3.8, 4) is 0 Å². The molecule has 0 aliphatic carbocycles. The van der Waals surface area contributed by atoms with E-state index in [0.717, 1.165) is 5.56 Å². The summed E-state index contributed by atoms with van der Waals surface area (Å²) in [7, 11) is -3.94. The van der Waals surface area contributed by atoms with Crippen LogP contribution in [0.25, 0.3) is 0 Å². The third-order valence-corrected chi connectivity index (χ3v) is 4.90. The van der Waals surface area contributed by atoms with Crippen molar-refractivity contribution in [3.05, 3.63) is 40.8 Å². The molecule has 112 valence electrons. The SMILES string of the molecule is Cc1ccc(S(=O)(=O)/C=C(\C(C)(C)Br)C(F)(F)Br)cc1. The van der Waals surface area contributed by atoms with Gasteiger partial charge in [-0.05, 0) is 48.8 Å². The van der Waals surface area contributed by atoms with Crippen molar-refractivity contribution in [3.63, 3.8) is 0 Å². The fraction of sp³-hybridized carbons (Fsp3) is 0.385. The Labute approximate surface area is 134 Å². The van der Waals surface area contributed by atoms with E-state index in [1.54, 1.807) is 12.1 Å². The molecule has 0 spiro atoms. The van der Waals surface area contributed by atoms with Gasteiger partial charge in [0.25, 0.3) is 0 Å². The van der Waals surface area contributed by atoms with Crippen molar-refractivity contribution in [2.75, 3.05) is 0 Å². The number of hydrogen-bond acceptors (Lipinski definition) is 2. The first-order chi connectivity index (χ1) is 8.84. The summed E-state index contributed by atoms with van der Waals surface area (Å²) in [5.74, 6) is 0. The summed E-state index contributed by atoms with van der Waals surface area (Å²) in [6.07, 6.45) is 0. The predicted octanol–water partition coefficient (Wildman–Crippen LogP) is 4.81. The van der Waals surface area contributed by atoms with Gasteiger partial charge in [-0.1, -0.05) is 33.6 Å². The number of rotatable bonds is 4. The van der Waals surface area contributed by atoms with Crippen LogP contribution in [0, 0.1) is 6.92 Å². The molecule has 2 nitrogen and oxygen atoms in total. The summed E-state index contributed by atoms with van der Waals surface area (Å²) < 4.78 is 50.3. The minimum absolute atomic E-state index is 0.0194. The molecule has 0 aliphatic heterocycles. The average Bonchev–Trinajstić information content (AvgIpc) is 2.23. The van der Waals surface area contributed by atoms with E-state index in [9.17, 15) is 17.2 Å². The fourth-order valence-electron chi connectivity index (χ4n) is 1.50. The summed E-state index contributed by atoms with van der Waals surface area (Å²) in [5.41, 5.74) is 0.324. The molecule has 0 unspecified atom stereocenters. The highest BCUT2D eigenvalue weighted by atomic mass is 79.9. The summed E-state index contributed by atoms with van der Waals surface area (Å²) in [5, 5.41) is 0.612. The van der Waals surface area contributed by atoms with Crippen LogP contribution in [-0.4, -0.2) is 17.6 Å². The molecule has 0 aromatic heterocycles. The van der Waals surface area contributed by atoms with Crippen molar-refractivity contribution in [1.29, 1.82) is 0 Å². The normalized spacial score (nSPS) is 14.4. The Morgan fingerprint density at radius 2 is 1.60 bits per heavy atom. The summed E-state index contributed by atoms with van der Waals surface area (Å²) in [6.45, 7) is 4.73. The zero-order valence-electron chi connectivity index (χ0n) is 11.1. The van der Waals surface area contributed by atoms with Gasteiger partial charge in [0, 0.05) is 15.3 Å². The maximum atomic E-state index is 13.5. The first kappa shape index (κ1) is 17.8. The number of aryl methyl sites for hydroxylation is 1. The Balaban J connectivity index is 3.40. The molecule has 7 heteroatoms. The Morgan fingerprint density at radius 3 is 1.95 bits per heavy atom. The van der Waals surface area contributed by atoms with Crippen LogP contribution < -0.4 is 0 Å². The van der Waals surface area contributed by atoms with Crippen LogP contribution in [0.5, 0.6) is 0 Å². The minimum atomic E-state index is -3.94. The van der Waals surface area contributed by atoms with Crippen LogP contribution >= 0.6 is 31.9 Å². The minimum Gasteiger partial charge on any atom is -0.219 e. The van der Waals surface area contributed by atoms with Gasteiger partial charge in [-0.25, -0.2) is 8.42 Å². The fourth-order valence-corrected chi connectivity index (χ4v) is 4.44. The smallest absolute Gasteiger partial charge is 0.219 e. The largest absolute Gasteiger partial charge is 0.325 e. The van der Waals surface area contributed by atoms with Crippen molar-refractivity contribution < 1.29 is 17.2 Å². The molecule has 20 heavy (non-hydrogen) atoms. The van der Waals surface area contributed by atoms with Gasteiger partial charge in [0.15, 0.2) is 9.84 Å². The van der Waals surface area contributed by atoms with E-state index in [1.807, 2.05) is 6.92 Å². The van der Waals surface area contributed by atoms with Crippen LogP contribution in [0.4, 0.5) is 8.78 Å². The molecule has 0 atom stereocenters. The second kappa shape index (κ2) is 5.85.